The SMILES string of the molecule is COc1cccc(CCc2[nH]cnc2C#N)c1. The molecule has 0 amide bonds. The van der Waals surface area contributed by atoms with Crippen LogP contribution in [0.4, 0.5) is 0 Å². The first-order valence-corrected chi connectivity index (χ1v) is 5.38. The van der Waals surface area contributed by atoms with Crippen molar-refractivity contribution in [2.45, 2.75) is 12.8 Å². The highest BCUT2D eigenvalue weighted by molar-refractivity contribution is 5.30. The molecule has 1 N–H and O–H groups in total. The molecule has 0 radical (unpaired) electrons. The molecule has 0 saturated carbocycles. The van der Waals surface area contributed by atoms with Crippen LogP contribution in [-0.2, 0) is 12.8 Å². The Balaban J connectivity index is 2.05. The number of benzene rings is 1. The fourth-order valence-corrected chi connectivity index (χ4v) is 1.71. The summed E-state index contributed by atoms with van der Waals surface area (Å²) in [6.45, 7) is 0. The van der Waals surface area contributed by atoms with Gasteiger partial charge in [0.05, 0.1) is 19.1 Å². The average molecular weight is 227 g/mol. The van der Waals surface area contributed by atoms with Crippen LogP contribution in [0, 0.1) is 11.3 Å². The third kappa shape index (κ3) is 2.64. The van der Waals surface area contributed by atoms with Gasteiger partial charge in [0.25, 0.3) is 0 Å². The number of aromatic amines is 1. The van der Waals surface area contributed by atoms with Gasteiger partial charge in [0.2, 0.25) is 0 Å². The molecule has 2 aromatic rings. The van der Waals surface area contributed by atoms with Crippen molar-refractivity contribution in [1.29, 1.82) is 5.26 Å². The van der Waals surface area contributed by atoms with Gasteiger partial charge >= 0.3 is 0 Å². The molecule has 4 heteroatoms. The lowest BCUT2D eigenvalue weighted by Crippen LogP contribution is -1.95. The Hall–Kier alpha value is -2.28. The first kappa shape index (κ1) is 11.2. The number of nitriles is 1. The van der Waals surface area contributed by atoms with Gasteiger partial charge in [-0.05, 0) is 30.5 Å². The van der Waals surface area contributed by atoms with Gasteiger partial charge < -0.3 is 9.72 Å². The molecule has 0 aliphatic rings. The van der Waals surface area contributed by atoms with E-state index in [9.17, 15) is 0 Å². The maximum Gasteiger partial charge on any atom is 0.161 e. The van der Waals surface area contributed by atoms with Crippen molar-refractivity contribution in [3.05, 3.63) is 47.5 Å². The van der Waals surface area contributed by atoms with Gasteiger partial charge in [0.15, 0.2) is 5.69 Å². The zero-order valence-corrected chi connectivity index (χ0v) is 9.60. The summed E-state index contributed by atoms with van der Waals surface area (Å²) >= 11 is 0. The van der Waals surface area contributed by atoms with Crippen LogP contribution in [0.25, 0.3) is 0 Å². The number of rotatable bonds is 4. The average Bonchev–Trinajstić information content (AvgIpc) is 2.84. The smallest absolute Gasteiger partial charge is 0.161 e. The van der Waals surface area contributed by atoms with E-state index in [1.807, 2.05) is 24.3 Å². The lowest BCUT2D eigenvalue weighted by atomic mass is 10.1. The van der Waals surface area contributed by atoms with Crippen molar-refractivity contribution in [2.75, 3.05) is 7.11 Å². The molecule has 86 valence electrons. The van der Waals surface area contributed by atoms with E-state index in [0.29, 0.717) is 5.69 Å². The third-order valence-electron chi connectivity index (χ3n) is 2.62. The molecule has 0 atom stereocenters. The van der Waals surface area contributed by atoms with Crippen LogP contribution in [0.5, 0.6) is 5.75 Å². The van der Waals surface area contributed by atoms with E-state index in [-0.39, 0.29) is 0 Å². The van der Waals surface area contributed by atoms with Crippen molar-refractivity contribution in [1.82, 2.24) is 9.97 Å². The van der Waals surface area contributed by atoms with Crippen LogP contribution in [0.2, 0.25) is 0 Å². The maximum absolute atomic E-state index is 8.83. The van der Waals surface area contributed by atoms with E-state index >= 15 is 0 Å². The molecular formula is C13H13N3O. The van der Waals surface area contributed by atoms with E-state index < -0.39 is 0 Å². The van der Waals surface area contributed by atoms with Gasteiger partial charge in [-0.15, -0.1) is 0 Å². The lowest BCUT2D eigenvalue weighted by molar-refractivity contribution is 0.414. The van der Waals surface area contributed by atoms with Gasteiger partial charge in [0.1, 0.15) is 11.8 Å². The van der Waals surface area contributed by atoms with Crippen LogP contribution >= 0.6 is 0 Å². The molecule has 0 spiro atoms. The Morgan fingerprint density at radius 3 is 3.06 bits per heavy atom. The summed E-state index contributed by atoms with van der Waals surface area (Å²) in [5.74, 6) is 0.854. The first-order chi connectivity index (χ1) is 8.33. The summed E-state index contributed by atoms with van der Waals surface area (Å²) in [6, 6.07) is 10.00. The Labute approximate surface area is 99.9 Å². The van der Waals surface area contributed by atoms with Crippen molar-refractivity contribution < 1.29 is 4.74 Å². The topological polar surface area (TPSA) is 61.7 Å². The molecule has 2 rings (SSSR count). The molecular weight excluding hydrogens is 214 g/mol. The summed E-state index contributed by atoms with van der Waals surface area (Å²) in [7, 11) is 1.65. The summed E-state index contributed by atoms with van der Waals surface area (Å²) in [5.41, 5.74) is 2.55. The van der Waals surface area contributed by atoms with E-state index in [2.05, 4.69) is 16.0 Å². The van der Waals surface area contributed by atoms with Crippen molar-refractivity contribution in [3.63, 3.8) is 0 Å². The number of ether oxygens (including phenoxy) is 1. The Morgan fingerprint density at radius 2 is 2.29 bits per heavy atom. The van der Waals surface area contributed by atoms with E-state index in [0.717, 1.165) is 24.3 Å². The maximum atomic E-state index is 8.83. The predicted octanol–water partition coefficient (Wildman–Crippen LogP) is 2.08. The number of nitrogens with one attached hydrogen (secondary N) is 1. The highest BCUT2D eigenvalue weighted by atomic mass is 16.5. The minimum atomic E-state index is 0.480. The second-order valence-electron chi connectivity index (χ2n) is 3.69. The Kier molecular flexibility index (Phi) is 3.41. The number of imidazole rings is 1. The molecule has 0 saturated heterocycles. The van der Waals surface area contributed by atoms with Crippen molar-refractivity contribution in [3.8, 4) is 11.8 Å². The molecule has 0 unspecified atom stereocenters. The summed E-state index contributed by atoms with van der Waals surface area (Å²) in [4.78, 5) is 6.93. The van der Waals surface area contributed by atoms with E-state index in [4.69, 9.17) is 10.00 Å². The number of aryl methyl sites for hydroxylation is 2. The lowest BCUT2D eigenvalue weighted by Gasteiger charge is -2.03. The number of hydrogen-bond donors (Lipinski definition) is 1. The number of hydrogen-bond acceptors (Lipinski definition) is 3. The number of H-pyrrole nitrogens is 1. The van der Waals surface area contributed by atoms with Crippen LogP contribution in [-0.4, -0.2) is 17.1 Å². The van der Waals surface area contributed by atoms with Gasteiger partial charge in [-0.1, -0.05) is 12.1 Å². The minimum absolute atomic E-state index is 0.480. The van der Waals surface area contributed by atoms with Crippen molar-refractivity contribution >= 4 is 0 Å². The Bertz CT molecular complexity index is 540. The summed E-state index contributed by atoms with van der Waals surface area (Å²) in [6.07, 6.45) is 3.18. The minimum Gasteiger partial charge on any atom is -0.497 e. The number of aromatic nitrogens is 2. The highest BCUT2D eigenvalue weighted by Crippen LogP contribution is 2.14. The molecule has 1 aromatic carbocycles. The molecule has 17 heavy (non-hydrogen) atoms. The standard InChI is InChI=1S/C13H13N3O/c1-17-11-4-2-3-10(7-11)5-6-12-13(8-14)16-9-15-12/h2-4,7,9H,5-6H2,1H3,(H,15,16). The number of nitrogens with zero attached hydrogens (tertiary/aromatic N) is 2. The molecule has 0 bridgehead atoms. The zero-order valence-electron chi connectivity index (χ0n) is 9.60. The molecule has 0 aliphatic carbocycles. The fourth-order valence-electron chi connectivity index (χ4n) is 1.71. The summed E-state index contributed by atoms with van der Waals surface area (Å²) < 4.78 is 5.16. The predicted molar refractivity (Wildman–Crippen MR) is 63.7 cm³/mol. The third-order valence-corrected chi connectivity index (χ3v) is 2.62. The van der Waals surface area contributed by atoms with Gasteiger partial charge in [0, 0.05) is 0 Å². The normalized spacial score (nSPS) is 9.88. The summed E-state index contributed by atoms with van der Waals surface area (Å²) in [5, 5.41) is 8.83. The van der Waals surface area contributed by atoms with Crippen LogP contribution < -0.4 is 4.74 Å². The van der Waals surface area contributed by atoms with E-state index in [1.165, 1.54) is 5.56 Å². The second-order valence-corrected chi connectivity index (χ2v) is 3.69. The molecule has 0 aliphatic heterocycles. The molecule has 1 aromatic heterocycles. The first-order valence-electron chi connectivity index (χ1n) is 5.38. The highest BCUT2D eigenvalue weighted by Gasteiger charge is 2.05. The molecule has 1 heterocycles. The van der Waals surface area contributed by atoms with Gasteiger partial charge in [-0.2, -0.15) is 5.26 Å². The zero-order chi connectivity index (χ0) is 12.1. The number of methoxy groups -OCH3 is 1. The largest absolute Gasteiger partial charge is 0.497 e. The van der Waals surface area contributed by atoms with Crippen LogP contribution in [0.3, 0.4) is 0 Å². The fraction of sp³-hybridized carbons (Fsp3) is 0.231. The molecule has 0 fully saturated rings. The Morgan fingerprint density at radius 1 is 1.41 bits per heavy atom. The quantitative estimate of drug-likeness (QED) is 0.869. The second kappa shape index (κ2) is 5.17. The van der Waals surface area contributed by atoms with Crippen molar-refractivity contribution in [2.24, 2.45) is 0 Å². The van der Waals surface area contributed by atoms with Gasteiger partial charge in [-0.3, -0.25) is 0 Å². The van der Waals surface area contributed by atoms with Crippen LogP contribution in [0.15, 0.2) is 30.6 Å². The molecule has 4 nitrogen and oxygen atoms in total. The van der Waals surface area contributed by atoms with E-state index in [1.54, 1.807) is 13.4 Å². The van der Waals surface area contributed by atoms with Crippen LogP contribution in [0.1, 0.15) is 17.0 Å². The monoisotopic (exact) mass is 227 g/mol. The van der Waals surface area contributed by atoms with Gasteiger partial charge in [-0.25, -0.2) is 4.98 Å².